The summed E-state index contributed by atoms with van der Waals surface area (Å²) in [7, 11) is 0. The summed E-state index contributed by atoms with van der Waals surface area (Å²) in [6.07, 6.45) is 0. The van der Waals surface area contributed by atoms with Crippen LogP contribution in [0, 0.1) is 0 Å². The molecule has 1 heterocycles. The fourth-order valence-electron chi connectivity index (χ4n) is 2.01. The average Bonchev–Trinajstić information content (AvgIpc) is 2.81. The van der Waals surface area contributed by atoms with Gasteiger partial charge in [-0.05, 0) is 29.8 Å². The number of aromatic nitrogens is 1. The van der Waals surface area contributed by atoms with Gasteiger partial charge in [-0.15, -0.1) is 0 Å². The molecule has 2 nitrogen and oxygen atoms in total. The van der Waals surface area contributed by atoms with Crippen LogP contribution >= 0.6 is 23.4 Å². The number of nitrogens with one attached hydrogen (secondary N) is 1. The Labute approximate surface area is 121 Å². The van der Waals surface area contributed by atoms with Gasteiger partial charge in [0.2, 0.25) is 0 Å². The first-order valence-electron chi connectivity index (χ1n) is 6.00. The third-order valence-corrected chi connectivity index (χ3v) is 4.25. The maximum atomic E-state index is 6.05. The second-order valence-corrected chi connectivity index (χ2v) is 5.80. The Morgan fingerprint density at radius 1 is 1.11 bits per heavy atom. The lowest BCUT2D eigenvalue weighted by Gasteiger charge is -2.06. The summed E-state index contributed by atoms with van der Waals surface area (Å²) in [6, 6.07) is 16.2. The molecule has 2 aromatic carbocycles. The molecule has 0 aliphatic rings. The fraction of sp³-hybridized carbons (Fsp3) is 0.0667. The first kappa shape index (κ1) is 12.6. The highest BCUT2D eigenvalue weighted by atomic mass is 35.5. The van der Waals surface area contributed by atoms with Gasteiger partial charge in [-0.3, -0.25) is 0 Å². The predicted molar refractivity (Wildman–Crippen MR) is 81.8 cm³/mol. The van der Waals surface area contributed by atoms with E-state index in [1.54, 1.807) is 11.8 Å². The number of benzene rings is 2. The van der Waals surface area contributed by atoms with E-state index in [0.717, 1.165) is 26.0 Å². The molecule has 0 bridgehead atoms. The summed E-state index contributed by atoms with van der Waals surface area (Å²) in [4.78, 5) is 4.49. The number of rotatable bonds is 3. The van der Waals surface area contributed by atoms with Crippen LogP contribution in [-0.4, -0.2) is 4.98 Å². The van der Waals surface area contributed by atoms with Gasteiger partial charge in [-0.1, -0.05) is 47.6 Å². The Balaban J connectivity index is 1.98. The highest BCUT2D eigenvalue weighted by molar-refractivity contribution is 7.99. The number of fused-ring (bicyclic) bond motifs is 1. The minimum atomic E-state index is 0.514. The third kappa shape index (κ3) is 2.63. The highest BCUT2D eigenvalue weighted by Gasteiger charge is 2.07. The summed E-state index contributed by atoms with van der Waals surface area (Å²) in [5, 5.41) is 3.04. The van der Waals surface area contributed by atoms with Gasteiger partial charge in [-0.25, -0.2) is 0 Å². The molecule has 0 saturated heterocycles. The van der Waals surface area contributed by atoms with Crippen LogP contribution in [0.4, 0.5) is 0 Å². The molecule has 0 aliphatic carbocycles. The molecule has 19 heavy (non-hydrogen) atoms. The van der Waals surface area contributed by atoms with Crippen LogP contribution < -0.4 is 5.73 Å². The number of hydrogen-bond acceptors (Lipinski definition) is 2. The maximum absolute atomic E-state index is 6.05. The van der Waals surface area contributed by atoms with E-state index in [9.17, 15) is 0 Å². The number of halogens is 1. The number of nitrogens with two attached hydrogens (primary N) is 1. The van der Waals surface area contributed by atoms with Crippen molar-refractivity contribution in [2.24, 2.45) is 5.73 Å². The maximum Gasteiger partial charge on any atom is 0.0781 e. The predicted octanol–water partition coefficient (Wildman–Crippen LogP) is 4.43. The Morgan fingerprint density at radius 2 is 1.95 bits per heavy atom. The highest BCUT2D eigenvalue weighted by Crippen LogP contribution is 2.33. The zero-order chi connectivity index (χ0) is 13.2. The minimum Gasteiger partial charge on any atom is -0.349 e. The smallest absolute Gasteiger partial charge is 0.0781 e. The van der Waals surface area contributed by atoms with Crippen molar-refractivity contribution in [2.45, 2.75) is 16.5 Å². The molecule has 0 aliphatic heterocycles. The molecule has 0 radical (unpaired) electrons. The Hall–Kier alpha value is -1.42. The Bertz CT molecular complexity index is 688. The fourth-order valence-corrected chi connectivity index (χ4v) is 3.30. The largest absolute Gasteiger partial charge is 0.349 e. The Kier molecular flexibility index (Phi) is 3.51. The molecule has 4 heteroatoms. The molecular formula is C15H13ClN2S. The van der Waals surface area contributed by atoms with E-state index in [-0.39, 0.29) is 0 Å². The van der Waals surface area contributed by atoms with Crippen molar-refractivity contribution in [3.05, 3.63) is 59.1 Å². The number of aromatic amines is 1. The molecule has 3 N–H and O–H groups in total. The Morgan fingerprint density at radius 3 is 2.74 bits per heavy atom. The zero-order valence-electron chi connectivity index (χ0n) is 10.2. The van der Waals surface area contributed by atoms with Gasteiger partial charge in [0.15, 0.2) is 0 Å². The SMILES string of the molecule is NCc1ccc(Cl)cc1Sc1cc2ccccc2[nH]1. The number of H-pyrrole nitrogens is 1. The molecule has 0 saturated carbocycles. The average molecular weight is 289 g/mol. The van der Waals surface area contributed by atoms with Crippen molar-refractivity contribution in [2.75, 3.05) is 0 Å². The van der Waals surface area contributed by atoms with Crippen LogP contribution in [0.1, 0.15) is 5.56 Å². The monoisotopic (exact) mass is 288 g/mol. The minimum absolute atomic E-state index is 0.514. The van der Waals surface area contributed by atoms with E-state index < -0.39 is 0 Å². The lowest BCUT2D eigenvalue weighted by molar-refractivity contribution is 1.03. The second kappa shape index (κ2) is 5.29. The van der Waals surface area contributed by atoms with Crippen molar-refractivity contribution < 1.29 is 0 Å². The van der Waals surface area contributed by atoms with Crippen LogP contribution in [0.2, 0.25) is 5.02 Å². The van der Waals surface area contributed by atoms with Crippen molar-refractivity contribution in [3.8, 4) is 0 Å². The van der Waals surface area contributed by atoms with Crippen molar-refractivity contribution in [1.29, 1.82) is 0 Å². The van der Waals surface area contributed by atoms with Crippen LogP contribution in [-0.2, 0) is 6.54 Å². The van der Waals surface area contributed by atoms with E-state index in [1.807, 2.05) is 30.3 Å². The van der Waals surface area contributed by atoms with Gasteiger partial charge in [0.05, 0.1) is 5.03 Å². The van der Waals surface area contributed by atoms with E-state index in [1.165, 1.54) is 5.39 Å². The standard InChI is InChI=1S/C15H13ClN2S/c16-12-6-5-11(9-17)14(8-12)19-15-7-10-3-1-2-4-13(10)18-15/h1-8,18H,9,17H2. The van der Waals surface area contributed by atoms with E-state index in [4.69, 9.17) is 17.3 Å². The van der Waals surface area contributed by atoms with E-state index >= 15 is 0 Å². The van der Waals surface area contributed by atoms with Gasteiger partial charge in [0.1, 0.15) is 0 Å². The van der Waals surface area contributed by atoms with Crippen LogP contribution in [0.5, 0.6) is 0 Å². The number of hydrogen-bond donors (Lipinski definition) is 2. The van der Waals surface area contributed by atoms with Crippen molar-refractivity contribution in [3.63, 3.8) is 0 Å². The van der Waals surface area contributed by atoms with Crippen molar-refractivity contribution >= 4 is 34.3 Å². The van der Waals surface area contributed by atoms with Gasteiger partial charge in [-0.2, -0.15) is 0 Å². The molecule has 1 aromatic heterocycles. The third-order valence-electron chi connectivity index (χ3n) is 2.97. The van der Waals surface area contributed by atoms with Crippen molar-refractivity contribution in [1.82, 2.24) is 4.98 Å². The van der Waals surface area contributed by atoms with E-state index in [2.05, 4.69) is 23.2 Å². The normalized spacial score (nSPS) is 11.1. The lowest BCUT2D eigenvalue weighted by Crippen LogP contribution is -1.97. The van der Waals surface area contributed by atoms with E-state index in [0.29, 0.717) is 6.54 Å². The molecular weight excluding hydrogens is 276 g/mol. The first-order chi connectivity index (χ1) is 9.26. The summed E-state index contributed by atoms with van der Waals surface area (Å²) >= 11 is 7.71. The second-order valence-electron chi connectivity index (χ2n) is 4.28. The summed E-state index contributed by atoms with van der Waals surface area (Å²) in [5.41, 5.74) is 8.01. The molecule has 0 atom stereocenters. The molecule has 96 valence electrons. The number of para-hydroxylation sites is 1. The molecule has 3 rings (SSSR count). The van der Waals surface area contributed by atoms with Crippen LogP contribution in [0.15, 0.2) is 58.5 Å². The molecule has 0 amide bonds. The lowest BCUT2D eigenvalue weighted by atomic mass is 10.2. The zero-order valence-corrected chi connectivity index (χ0v) is 11.8. The molecule has 0 fully saturated rings. The quantitative estimate of drug-likeness (QED) is 0.748. The first-order valence-corrected chi connectivity index (χ1v) is 7.20. The van der Waals surface area contributed by atoms with Crippen LogP contribution in [0.3, 0.4) is 0 Å². The van der Waals surface area contributed by atoms with Crippen LogP contribution in [0.25, 0.3) is 10.9 Å². The van der Waals surface area contributed by atoms with Gasteiger partial charge < -0.3 is 10.7 Å². The topological polar surface area (TPSA) is 41.8 Å². The summed E-state index contributed by atoms with van der Waals surface area (Å²) in [5.74, 6) is 0. The van der Waals surface area contributed by atoms with Gasteiger partial charge in [0, 0.05) is 27.4 Å². The summed E-state index contributed by atoms with van der Waals surface area (Å²) < 4.78 is 0. The van der Waals surface area contributed by atoms with Gasteiger partial charge >= 0.3 is 0 Å². The molecule has 0 spiro atoms. The molecule has 0 unspecified atom stereocenters. The summed E-state index contributed by atoms with van der Waals surface area (Å²) in [6.45, 7) is 0.514. The van der Waals surface area contributed by atoms with Gasteiger partial charge in [0.25, 0.3) is 0 Å². The molecule has 3 aromatic rings.